The van der Waals surface area contributed by atoms with Crippen molar-refractivity contribution in [3.05, 3.63) is 0 Å². The summed E-state index contributed by atoms with van der Waals surface area (Å²) in [6, 6.07) is 0. The van der Waals surface area contributed by atoms with E-state index in [1.807, 2.05) is 0 Å². The van der Waals surface area contributed by atoms with Crippen LogP contribution in [0.15, 0.2) is 0 Å². The van der Waals surface area contributed by atoms with Gasteiger partial charge in [0.25, 0.3) is 16.0 Å². The van der Waals surface area contributed by atoms with E-state index >= 15 is 0 Å². The molecule has 1 amide bonds. The minimum absolute atomic E-state index is 0.195. The molecule has 1 fully saturated rings. The Morgan fingerprint density at radius 3 is 2.47 bits per heavy atom. The van der Waals surface area contributed by atoms with Crippen molar-refractivity contribution in [1.82, 2.24) is 4.90 Å². The van der Waals surface area contributed by atoms with Crippen molar-refractivity contribution in [3.8, 4) is 0 Å². The third-order valence-corrected chi connectivity index (χ3v) is 2.86. The molecule has 1 aliphatic rings. The minimum Gasteiger partial charge on any atom is -0.459 e. The van der Waals surface area contributed by atoms with E-state index in [0.29, 0.717) is 0 Å². The first kappa shape index (κ1) is 15.9. The quantitative estimate of drug-likeness (QED) is 0.531. The molecule has 0 aromatic heterocycles. The first-order chi connectivity index (χ1) is 8.48. The Morgan fingerprint density at radius 1 is 1.42 bits per heavy atom. The number of hydrogen-bond acceptors (Lipinski definition) is 6. The topological polar surface area (TPSA) is 90.0 Å². The van der Waals surface area contributed by atoms with Crippen LogP contribution in [-0.2, 0) is 28.6 Å². The Bertz CT molecular complexity index is 464. The molecule has 0 bridgehead atoms. The lowest BCUT2D eigenvalue weighted by Gasteiger charge is -2.22. The number of hydrogen-bond donors (Lipinski definition) is 0. The number of carbonyl (C=O) groups excluding carboxylic acids is 2. The summed E-state index contributed by atoms with van der Waals surface area (Å²) in [4.78, 5) is 24.6. The van der Waals surface area contributed by atoms with Crippen molar-refractivity contribution in [2.45, 2.75) is 38.9 Å². The average molecular weight is 293 g/mol. The van der Waals surface area contributed by atoms with Gasteiger partial charge >= 0.3 is 5.97 Å². The lowest BCUT2D eigenvalue weighted by molar-refractivity contribution is -0.158. The van der Waals surface area contributed by atoms with Gasteiger partial charge in [-0.1, -0.05) is 0 Å². The molecule has 1 rings (SSSR count). The second kappa shape index (κ2) is 5.46. The summed E-state index contributed by atoms with van der Waals surface area (Å²) in [5.41, 5.74) is -0.623. The highest BCUT2D eigenvalue weighted by atomic mass is 32.2. The third-order valence-electron chi connectivity index (χ3n) is 2.28. The van der Waals surface area contributed by atoms with E-state index in [0.717, 1.165) is 6.26 Å². The molecule has 1 atom stereocenters. The highest BCUT2D eigenvalue weighted by molar-refractivity contribution is 7.86. The fourth-order valence-electron chi connectivity index (χ4n) is 1.70. The number of nitrogens with zero attached hydrogens (tertiary/aromatic N) is 1. The largest absolute Gasteiger partial charge is 0.459 e. The maximum atomic E-state index is 11.8. The zero-order valence-corrected chi connectivity index (χ0v) is 12.3. The maximum Gasteiger partial charge on any atom is 0.326 e. The second-order valence-corrected chi connectivity index (χ2v) is 7.02. The van der Waals surface area contributed by atoms with Gasteiger partial charge in [0, 0.05) is 13.0 Å². The van der Waals surface area contributed by atoms with Gasteiger partial charge in [-0.3, -0.25) is 13.8 Å². The Morgan fingerprint density at radius 2 is 2.00 bits per heavy atom. The molecule has 0 saturated carbocycles. The predicted molar refractivity (Wildman–Crippen MR) is 66.8 cm³/mol. The van der Waals surface area contributed by atoms with Crippen LogP contribution in [0, 0.1) is 0 Å². The number of rotatable bonds is 4. The van der Waals surface area contributed by atoms with Crippen LogP contribution in [0.25, 0.3) is 0 Å². The Hall–Kier alpha value is -1.15. The number of likely N-dealkylation sites (tertiary alicyclic amines) is 1. The van der Waals surface area contributed by atoms with Gasteiger partial charge in [-0.15, -0.1) is 0 Å². The molecular formula is C11H19NO6S. The van der Waals surface area contributed by atoms with Crippen molar-refractivity contribution in [1.29, 1.82) is 0 Å². The molecule has 0 aromatic rings. The van der Waals surface area contributed by atoms with Crippen LogP contribution in [0.2, 0.25) is 0 Å². The standard InChI is InChI=1S/C11H19NO6S/c1-11(2,3)17-9(13)7-12-6-5-8(10(12)14)18-19(4,15)16/h8H,5-7H2,1-4H3/t8-/m1/s1. The van der Waals surface area contributed by atoms with E-state index in [2.05, 4.69) is 4.18 Å². The summed E-state index contributed by atoms with van der Waals surface area (Å²) < 4.78 is 31.7. The number of carbonyl (C=O) groups is 2. The SMILES string of the molecule is CC(C)(C)OC(=O)CN1CC[C@@H](OS(C)(=O)=O)C1=O. The van der Waals surface area contributed by atoms with Crippen molar-refractivity contribution >= 4 is 22.0 Å². The predicted octanol–water partition coefficient (Wildman–Crippen LogP) is -0.0948. The number of amides is 1. The lowest BCUT2D eigenvalue weighted by Crippen LogP contribution is -2.38. The van der Waals surface area contributed by atoms with Gasteiger partial charge in [0.1, 0.15) is 12.1 Å². The molecule has 110 valence electrons. The van der Waals surface area contributed by atoms with Crippen molar-refractivity contribution in [3.63, 3.8) is 0 Å². The van der Waals surface area contributed by atoms with Gasteiger partial charge < -0.3 is 9.64 Å². The molecule has 1 heterocycles. The molecule has 1 saturated heterocycles. The van der Waals surface area contributed by atoms with E-state index in [4.69, 9.17) is 4.74 Å². The van der Waals surface area contributed by atoms with Crippen molar-refractivity contribution in [2.75, 3.05) is 19.3 Å². The molecule has 0 aliphatic carbocycles. The molecule has 7 nitrogen and oxygen atoms in total. The fraction of sp³-hybridized carbons (Fsp3) is 0.818. The fourth-order valence-corrected chi connectivity index (χ4v) is 2.30. The molecule has 0 N–H and O–H groups in total. The van der Waals surface area contributed by atoms with Crippen LogP contribution >= 0.6 is 0 Å². The molecular weight excluding hydrogens is 274 g/mol. The first-order valence-electron chi connectivity index (χ1n) is 5.87. The summed E-state index contributed by atoms with van der Waals surface area (Å²) in [5, 5.41) is 0. The van der Waals surface area contributed by atoms with Gasteiger partial charge in [0.05, 0.1) is 6.26 Å². The van der Waals surface area contributed by atoms with Gasteiger partial charge in [0.2, 0.25) is 0 Å². The van der Waals surface area contributed by atoms with Crippen molar-refractivity contribution < 1.29 is 26.9 Å². The van der Waals surface area contributed by atoms with Crippen LogP contribution in [0.5, 0.6) is 0 Å². The normalized spacial score (nSPS) is 20.7. The summed E-state index contributed by atoms with van der Waals surface area (Å²) in [6.07, 6.45) is 0.100. The number of esters is 1. The van der Waals surface area contributed by atoms with E-state index in [1.165, 1.54) is 4.90 Å². The zero-order valence-electron chi connectivity index (χ0n) is 11.5. The lowest BCUT2D eigenvalue weighted by atomic mass is 10.2. The molecule has 0 unspecified atom stereocenters. The summed E-state index contributed by atoms with van der Waals surface area (Å²) >= 11 is 0. The van der Waals surface area contributed by atoms with Gasteiger partial charge in [-0.25, -0.2) is 0 Å². The summed E-state index contributed by atoms with van der Waals surface area (Å²) in [5.74, 6) is -1.03. The van der Waals surface area contributed by atoms with Crippen LogP contribution in [-0.4, -0.2) is 56.2 Å². The van der Waals surface area contributed by atoms with E-state index in [-0.39, 0.29) is 19.5 Å². The summed E-state index contributed by atoms with van der Waals surface area (Å²) in [6.45, 7) is 5.27. The van der Waals surface area contributed by atoms with E-state index in [1.54, 1.807) is 20.8 Å². The van der Waals surface area contributed by atoms with Crippen LogP contribution in [0.1, 0.15) is 27.2 Å². The Labute approximate surface area is 113 Å². The van der Waals surface area contributed by atoms with Crippen molar-refractivity contribution in [2.24, 2.45) is 0 Å². The Kier molecular flexibility index (Phi) is 4.57. The van der Waals surface area contributed by atoms with E-state index in [9.17, 15) is 18.0 Å². The number of ether oxygens (including phenoxy) is 1. The van der Waals surface area contributed by atoms with Gasteiger partial charge in [-0.05, 0) is 20.8 Å². The average Bonchev–Trinajstić information content (AvgIpc) is 2.44. The molecule has 0 radical (unpaired) electrons. The molecule has 8 heteroatoms. The smallest absolute Gasteiger partial charge is 0.326 e. The monoisotopic (exact) mass is 293 g/mol. The Balaban J connectivity index is 2.55. The van der Waals surface area contributed by atoms with Crippen LogP contribution < -0.4 is 0 Å². The second-order valence-electron chi connectivity index (χ2n) is 5.42. The minimum atomic E-state index is -3.68. The van der Waals surface area contributed by atoms with Crippen LogP contribution in [0.4, 0.5) is 0 Å². The first-order valence-corrected chi connectivity index (χ1v) is 7.68. The molecule has 19 heavy (non-hydrogen) atoms. The third kappa shape index (κ3) is 5.56. The molecule has 0 spiro atoms. The molecule has 1 aliphatic heterocycles. The van der Waals surface area contributed by atoms with Gasteiger partial charge in [0.15, 0.2) is 6.10 Å². The summed E-state index contributed by atoms with van der Waals surface area (Å²) in [7, 11) is -3.68. The molecule has 0 aromatic carbocycles. The van der Waals surface area contributed by atoms with E-state index < -0.39 is 33.7 Å². The highest BCUT2D eigenvalue weighted by Gasteiger charge is 2.36. The maximum absolute atomic E-state index is 11.8. The highest BCUT2D eigenvalue weighted by Crippen LogP contribution is 2.17. The van der Waals surface area contributed by atoms with Gasteiger partial charge in [-0.2, -0.15) is 8.42 Å². The van der Waals surface area contributed by atoms with Crippen LogP contribution in [0.3, 0.4) is 0 Å². The zero-order chi connectivity index (χ0) is 14.8.